The van der Waals surface area contributed by atoms with Gasteiger partial charge in [0, 0.05) is 11.3 Å². The second kappa shape index (κ2) is 12.8. The van der Waals surface area contributed by atoms with Crippen LogP contribution in [-0.4, -0.2) is 45.9 Å². The number of carboxylic acids is 1. The summed E-state index contributed by atoms with van der Waals surface area (Å²) in [5.74, 6) is -1.71. The third-order valence-electron chi connectivity index (χ3n) is 6.89. The number of benzene rings is 1. The Morgan fingerprint density at radius 2 is 1.74 bits per heavy atom. The van der Waals surface area contributed by atoms with Gasteiger partial charge in [-0.3, -0.25) is 14.3 Å². The van der Waals surface area contributed by atoms with E-state index in [2.05, 4.69) is 43.9 Å². The lowest BCUT2D eigenvalue weighted by Crippen LogP contribution is -2.53. The van der Waals surface area contributed by atoms with Gasteiger partial charge in [-0.15, -0.1) is 11.3 Å². The standard InChI is InChI=1S/C27H42N2O6S2Si/c1-18(2)15-22(23(16-19(3)26(31)32)35-38(7,8)27(4,5)6)28-25(30)20-11-9-12-21(17-20)29-37(33,34)24-13-10-14-36-24/h9-14,17-19,22-23,29H,15-16H2,1-8H3,(H,28,30)(H,31,32)/t19-,22+,23+/m1/s1. The summed E-state index contributed by atoms with van der Waals surface area (Å²) in [6.45, 7) is 16.3. The highest BCUT2D eigenvalue weighted by Gasteiger charge is 2.42. The molecule has 2 rings (SSSR count). The van der Waals surface area contributed by atoms with E-state index in [0.29, 0.717) is 12.0 Å². The largest absolute Gasteiger partial charge is 0.481 e. The Hall–Kier alpha value is -2.21. The molecule has 0 unspecified atom stereocenters. The second-order valence-electron chi connectivity index (χ2n) is 11.7. The van der Waals surface area contributed by atoms with E-state index in [-0.39, 0.29) is 33.2 Å². The molecule has 0 spiro atoms. The van der Waals surface area contributed by atoms with E-state index in [0.717, 1.165) is 11.3 Å². The lowest BCUT2D eigenvalue weighted by Gasteiger charge is -2.42. The molecule has 2 aromatic rings. The Morgan fingerprint density at radius 3 is 2.26 bits per heavy atom. The highest BCUT2D eigenvalue weighted by Crippen LogP contribution is 2.39. The van der Waals surface area contributed by atoms with E-state index in [1.165, 1.54) is 12.1 Å². The van der Waals surface area contributed by atoms with Crippen LogP contribution in [-0.2, 0) is 19.2 Å². The first-order valence-corrected chi connectivity index (χ1v) is 18.1. The maximum Gasteiger partial charge on any atom is 0.306 e. The molecule has 1 heterocycles. The number of carboxylic acid groups (broad SMARTS) is 1. The third-order valence-corrected chi connectivity index (χ3v) is 14.2. The molecule has 8 nitrogen and oxygen atoms in total. The van der Waals surface area contributed by atoms with Gasteiger partial charge in [0.15, 0.2) is 8.32 Å². The summed E-state index contributed by atoms with van der Waals surface area (Å²) in [5, 5.41) is 14.3. The molecule has 212 valence electrons. The molecule has 0 aliphatic carbocycles. The van der Waals surface area contributed by atoms with E-state index >= 15 is 0 Å². The number of hydrogen-bond donors (Lipinski definition) is 3. The smallest absolute Gasteiger partial charge is 0.306 e. The number of sulfonamides is 1. The number of hydrogen-bond acceptors (Lipinski definition) is 6. The van der Waals surface area contributed by atoms with Crippen molar-refractivity contribution in [2.45, 2.75) is 88.9 Å². The maximum absolute atomic E-state index is 13.4. The Kier molecular flexibility index (Phi) is 10.7. The minimum Gasteiger partial charge on any atom is -0.481 e. The van der Waals surface area contributed by atoms with Crippen molar-refractivity contribution in [1.29, 1.82) is 0 Å². The molecule has 0 bridgehead atoms. The van der Waals surface area contributed by atoms with Gasteiger partial charge in [0.1, 0.15) is 4.21 Å². The number of amides is 1. The van der Waals surface area contributed by atoms with Crippen molar-refractivity contribution in [3.8, 4) is 0 Å². The average Bonchev–Trinajstić information content (AvgIpc) is 3.33. The van der Waals surface area contributed by atoms with Crippen LogP contribution in [0, 0.1) is 11.8 Å². The lowest BCUT2D eigenvalue weighted by atomic mass is 9.92. The quantitative estimate of drug-likeness (QED) is 0.242. The van der Waals surface area contributed by atoms with Crippen LogP contribution >= 0.6 is 11.3 Å². The predicted octanol–water partition coefficient (Wildman–Crippen LogP) is 6.19. The molecule has 1 aromatic carbocycles. The van der Waals surface area contributed by atoms with Crippen molar-refractivity contribution in [2.24, 2.45) is 11.8 Å². The Labute approximate surface area is 232 Å². The normalized spacial score (nSPS) is 15.1. The van der Waals surface area contributed by atoms with Crippen LogP contribution in [0.1, 0.15) is 64.7 Å². The fourth-order valence-electron chi connectivity index (χ4n) is 3.71. The molecule has 38 heavy (non-hydrogen) atoms. The summed E-state index contributed by atoms with van der Waals surface area (Å²) in [4.78, 5) is 25.2. The van der Waals surface area contributed by atoms with Gasteiger partial charge < -0.3 is 14.8 Å². The highest BCUT2D eigenvalue weighted by molar-refractivity contribution is 7.94. The molecular weight excluding hydrogens is 541 g/mol. The van der Waals surface area contributed by atoms with Crippen LogP contribution in [0.4, 0.5) is 5.69 Å². The van der Waals surface area contributed by atoms with E-state index in [1.54, 1.807) is 36.6 Å². The van der Waals surface area contributed by atoms with Gasteiger partial charge in [-0.1, -0.05) is 53.7 Å². The van der Waals surface area contributed by atoms with Crippen LogP contribution in [0.5, 0.6) is 0 Å². The van der Waals surface area contributed by atoms with Gasteiger partial charge in [-0.05, 0) is 66.5 Å². The number of carbonyl (C=O) groups is 2. The van der Waals surface area contributed by atoms with Crippen molar-refractivity contribution < 1.29 is 27.5 Å². The number of nitrogens with one attached hydrogen (secondary N) is 2. The summed E-state index contributed by atoms with van der Waals surface area (Å²) in [7, 11) is -6.05. The first kappa shape index (κ1) is 32.0. The molecule has 3 N–H and O–H groups in total. The highest BCUT2D eigenvalue weighted by atomic mass is 32.2. The van der Waals surface area contributed by atoms with Crippen LogP contribution in [0.15, 0.2) is 46.0 Å². The summed E-state index contributed by atoms with van der Waals surface area (Å²) >= 11 is 1.11. The molecular formula is C27H42N2O6S2Si. The average molecular weight is 583 g/mol. The van der Waals surface area contributed by atoms with Gasteiger partial charge in [-0.25, -0.2) is 8.42 Å². The minimum atomic E-state index is -3.76. The predicted molar refractivity (Wildman–Crippen MR) is 156 cm³/mol. The number of carbonyl (C=O) groups excluding carboxylic acids is 1. The molecule has 1 amide bonds. The minimum absolute atomic E-state index is 0.0991. The molecule has 1 aromatic heterocycles. The van der Waals surface area contributed by atoms with Gasteiger partial charge in [0.2, 0.25) is 0 Å². The van der Waals surface area contributed by atoms with Crippen LogP contribution < -0.4 is 10.0 Å². The molecule has 0 fully saturated rings. The van der Waals surface area contributed by atoms with Crippen molar-refractivity contribution >= 4 is 47.2 Å². The van der Waals surface area contributed by atoms with E-state index < -0.39 is 42.4 Å². The summed E-state index contributed by atoms with van der Waals surface area (Å²) in [6, 6.07) is 9.07. The molecule has 0 aliphatic rings. The van der Waals surface area contributed by atoms with E-state index in [4.69, 9.17) is 4.43 Å². The van der Waals surface area contributed by atoms with Gasteiger partial charge in [-0.2, -0.15) is 0 Å². The van der Waals surface area contributed by atoms with Crippen molar-refractivity contribution in [2.75, 3.05) is 4.72 Å². The van der Waals surface area contributed by atoms with Crippen LogP contribution in [0.3, 0.4) is 0 Å². The fraction of sp³-hybridized carbons (Fsp3) is 0.556. The Morgan fingerprint density at radius 1 is 1.08 bits per heavy atom. The number of thiophene rings is 1. The molecule has 3 atom stereocenters. The monoisotopic (exact) mass is 582 g/mol. The van der Waals surface area contributed by atoms with Crippen LogP contribution in [0.2, 0.25) is 18.1 Å². The molecule has 11 heteroatoms. The van der Waals surface area contributed by atoms with Gasteiger partial charge in [0.25, 0.3) is 15.9 Å². The molecule has 0 aliphatic heterocycles. The van der Waals surface area contributed by atoms with E-state index in [9.17, 15) is 23.1 Å². The van der Waals surface area contributed by atoms with Gasteiger partial charge in [0.05, 0.1) is 18.1 Å². The summed E-state index contributed by atoms with van der Waals surface area (Å²) in [6.07, 6.45) is 0.372. The summed E-state index contributed by atoms with van der Waals surface area (Å²) < 4.78 is 34.7. The molecule has 0 saturated carbocycles. The van der Waals surface area contributed by atoms with E-state index in [1.807, 2.05) is 13.8 Å². The number of anilines is 1. The van der Waals surface area contributed by atoms with Crippen molar-refractivity contribution in [3.05, 3.63) is 47.3 Å². The maximum atomic E-state index is 13.4. The zero-order chi connectivity index (χ0) is 28.9. The lowest BCUT2D eigenvalue weighted by molar-refractivity contribution is -0.142. The third kappa shape index (κ3) is 8.93. The zero-order valence-electron chi connectivity index (χ0n) is 23.6. The Balaban J connectivity index is 2.34. The topological polar surface area (TPSA) is 122 Å². The van der Waals surface area contributed by atoms with Crippen molar-refractivity contribution in [1.82, 2.24) is 5.32 Å². The van der Waals surface area contributed by atoms with Crippen LogP contribution in [0.25, 0.3) is 0 Å². The first-order valence-electron chi connectivity index (χ1n) is 12.8. The van der Waals surface area contributed by atoms with Gasteiger partial charge >= 0.3 is 5.97 Å². The fourth-order valence-corrected chi connectivity index (χ4v) is 7.12. The number of rotatable bonds is 13. The number of aliphatic carboxylic acids is 1. The Bertz CT molecular complexity index is 1190. The van der Waals surface area contributed by atoms with Crippen molar-refractivity contribution in [3.63, 3.8) is 0 Å². The summed E-state index contributed by atoms with van der Waals surface area (Å²) in [5.41, 5.74) is 0.572. The first-order chi connectivity index (χ1) is 17.4. The SMILES string of the molecule is CC(C)C[C@H](NC(=O)c1cccc(NS(=O)(=O)c2cccs2)c1)[C@H](C[C@@H](C)C(=O)O)O[Si](C)(C)C(C)(C)C. The second-order valence-corrected chi connectivity index (χ2v) is 19.3. The molecule has 0 radical (unpaired) electrons. The molecule has 0 saturated heterocycles. The zero-order valence-corrected chi connectivity index (χ0v) is 26.2.